The van der Waals surface area contributed by atoms with E-state index in [0.717, 1.165) is 29.5 Å². The summed E-state index contributed by atoms with van der Waals surface area (Å²) in [5, 5.41) is 10.7. The minimum atomic E-state index is -0.140. The van der Waals surface area contributed by atoms with E-state index in [0.29, 0.717) is 25.2 Å². The number of esters is 1. The topological polar surface area (TPSA) is 46.5 Å². The Morgan fingerprint density at radius 3 is 1.88 bits per heavy atom. The van der Waals surface area contributed by atoms with Crippen molar-refractivity contribution in [2.45, 2.75) is 143 Å². The third-order valence-corrected chi connectivity index (χ3v) is 6.51. The highest BCUT2D eigenvalue weighted by molar-refractivity contribution is 5.69. The second kappa shape index (κ2) is 16.2. The van der Waals surface area contributed by atoms with Crippen LogP contribution in [0.25, 0.3) is 0 Å². The average molecular weight is 461 g/mol. The van der Waals surface area contributed by atoms with E-state index in [2.05, 4.69) is 47.6 Å². The van der Waals surface area contributed by atoms with Gasteiger partial charge in [0.05, 0.1) is 6.61 Å². The molecule has 1 aromatic rings. The zero-order valence-electron chi connectivity index (χ0n) is 22.6. The number of hydrogen-bond acceptors (Lipinski definition) is 3. The molecule has 1 N–H and O–H groups in total. The first kappa shape index (κ1) is 29.5. The van der Waals surface area contributed by atoms with Crippen LogP contribution >= 0.6 is 0 Å². The lowest BCUT2D eigenvalue weighted by Crippen LogP contribution is -2.14. The maximum absolute atomic E-state index is 12.2. The fourth-order valence-corrected chi connectivity index (χ4v) is 4.32. The number of benzene rings is 1. The predicted molar refractivity (Wildman–Crippen MR) is 141 cm³/mol. The number of aromatic hydroxyl groups is 1. The molecule has 0 fully saturated rings. The minimum Gasteiger partial charge on any atom is -0.507 e. The van der Waals surface area contributed by atoms with Crippen molar-refractivity contribution in [1.29, 1.82) is 0 Å². The lowest BCUT2D eigenvalue weighted by molar-refractivity contribution is -0.143. The molecule has 0 aliphatic heterocycles. The highest BCUT2D eigenvalue weighted by atomic mass is 16.5. The van der Waals surface area contributed by atoms with E-state index in [9.17, 15) is 9.90 Å². The number of rotatable bonds is 17. The van der Waals surface area contributed by atoms with E-state index < -0.39 is 0 Å². The van der Waals surface area contributed by atoms with E-state index in [-0.39, 0.29) is 17.3 Å². The number of carbonyl (C=O) groups is 1. The van der Waals surface area contributed by atoms with Gasteiger partial charge in [-0.1, -0.05) is 124 Å². The Labute approximate surface area is 204 Å². The number of aryl methyl sites for hydroxylation is 1. The summed E-state index contributed by atoms with van der Waals surface area (Å²) >= 11 is 0. The van der Waals surface area contributed by atoms with E-state index in [1.165, 1.54) is 64.2 Å². The average Bonchev–Trinajstić information content (AvgIpc) is 2.75. The van der Waals surface area contributed by atoms with Crippen molar-refractivity contribution in [3.8, 4) is 5.75 Å². The van der Waals surface area contributed by atoms with E-state index in [4.69, 9.17) is 4.74 Å². The van der Waals surface area contributed by atoms with Gasteiger partial charge < -0.3 is 9.84 Å². The van der Waals surface area contributed by atoms with Gasteiger partial charge in [0.25, 0.3) is 0 Å². The Kier molecular flexibility index (Phi) is 14.5. The Bertz CT molecular complexity index is 670. The maximum atomic E-state index is 12.2. The maximum Gasteiger partial charge on any atom is 0.306 e. The molecule has 0 heterocycles. The van der Waals surface area contributed by atoms with E-state index in [1.54, 1.807) is 0 Å². The van der Waals surface area contributed by atoms with Gasteiger partial charge in [-0.2, -0.15) is 0 Å². The molecule has 1 aromatic carbocycles. The van der Waals surface area contributed by atoms with Gasteiger partial charge in [0.2, 0.25) is 0 Å². The van der Waals surface area contributed by atoms with Crippen LogP contribution in [-0.2, 0) is 21.4 Å². The molecule has 3 nitrogen and oxygen atoms in total. The van der Waals surface area contributed by atoms with Crippen LogP contribution in [0.15, 0.2) is 12.1 Å². The van der Waals surface area contributed by atoms with Gasteiger partial charge in [-0.25, -0.2) is 0 Å². The summed E-state index contributed by atoms with van der Waals surface area (Å²) in [7, 11) is 0. The van der Waals surface area contributed by atoms with Crippen molar-refractivity contribution in [2.75, 3.05) is 6.61 Å². The molecule has 0 aliphatic rings. The molecule has 0 saturated heterocycles. The molecule has 1 rings (SSSR count). The smallest absolute Gasteiger partial charge is 0.306 e. The van der Waals surface area contributed by atoms with Gasteiger partial charge in [0.1, 0.15) is 5.75 Å². The molecule has 0 amide bonds. The number of phenols is 1. The number of unbranched alkanes of at least 4 members (excludes halogenated alkanes) is 11. The molecule has 0 aromatic heterocycles. The van der Waals surface area contributed by atoms with Crippen LogP contribution in [0.4, 0.5) is 0 Å². The molecular formula is C30H52O3. The number of phenolic OH excluding ortho intramolecular Hbond substituents is 1. The van der Waals surface area contributed by atoms with Crippen LogP contribution in [0.3, 0.4) is 0 Å². The van der Waals surface area contributed by atoms with Crippen molar-refractivity contribution in [3.05, 3.63) is 28.8 Å². The number of carbonyl (C=O) groups excluding carboxylic acids is 1. The van der Waals surface area contributed by atoms with Crippen LogP contribution in [0.2, 0.25) is 0 Å². The molecule has 0 bridgehead atoms. The second-order valence-electron chi connectivity index (χ2n) is 11.1. The monoisotopic (exact) mass is 460 g/mol. The third-order valence-electron chi connectivity index (χ3n) is 6.51. The first-order chi connectivity index (χ1) is 15.7. The largest absolute Gasteiger partial charge is 0.507 e. The molecular weight excluding hydrogens is 408 g/mol. The Balaban J connectivity index is 2.22. The minimum absolute atomic E-state index is 0.116. The highest BCUT2D eigenvalue weighted by Gasteiger charge is 2.22. The summed E-state index contributed by atoms with van der Waals surface area (Å²) in [6, 6.07) is 4.10. The van der Waals surface area contributed by atoms with Crippen LogP contribution in [0.5, 0.6) is 5.75 Å². The lowest BCUT2D eigenvalue weighted by Gasteiger charge is -2.24. The highest BCUT2D eigenvalue weighted by Crippen LogP contribution is 2.37. The first-order valence-electron chi connectivity index (χ1n) is 13.7. The summed E-state index contributed by atoms with van der Waals surface area (Å²) in [5.41, 5.74) is 2.87. The van der Waals surface area contributed by atoms with Gasteiger partial charge in [0, 0.05) is 6.42 Å². The summed E-state index contributed by atoms with van der Waals surface area (Å²) in [6.45, 7) is 13.3. The second-order valence-corrected chi connectivity index (χ2v) is 11.1. The molecule has 0 saturated carbocycles. The van der Waals surface area contributed by atoms with Crippen molar-refractivity contribution in [3.63, 3.8) is 0 Å². The molecule has 33 heavy (non-hydrogen) atoms. The third kappa shape index (κ3) is 12.5. The van der Waals surface area contributed by atoms with Gasteiger partial charge in [-0.05, 0) is 40.9 Å². The van der Waals surface area contributed by atoms with Crippen molar-refractivity contribution in [2.24, 2.45) is 0 Å². The van der Waals surface area contributed by atoms with Crippen LogP contribution in [0, 0.1) is 0 Å². The normalized spacial score (nSPS) is 11.8. The Morgan fingerprint density at radius 1 is 0.879 bits per heavy atom. The van der Waals surface area contributed by atoms with Crippen molar-refractivity contribution in [1.82, 2.24) is 0 Å². The van der Waals surface area contributed by atoms with Crippen molar-refractivity contribution >= 4 is 5.97 Å². The summed E-state index contributed by atoms with van der Waals surface area (Å²) < 4.78 is 5.47. The zero-order valence-corrected chi connectivity index (χ0v) is 22.6. The van der Waals surface area contributed by atoms with Gasteiger partial charge in [-0.3, -0.25) is 4.79 Å². The molecule has 0 aliphatic carbocycles. The quantitative estimate of drug-likeness (QED) is 0.186. The summed E-state index contributed by atoms with van der Waals surface area (Å²) in [6.07, 6.45) is 16.7. The first-order valence-corrected chi connectivity index (χ1v) is 13.7. The van der Waals surface area contributed by atoms with Gasteiger partial charge in [0.15, 0.2) is 0 Å². The molecule has 3 heteroatoms. The molecule has 0 atom stereocenters. The number of hydrogen-bond donors (Lipinski definition) is 1. The van der Waals surface area contributed by atoms with Crippen LogP contribution in [-0.4, -0.2) is 17.7 Å². The molecule has 190 valence electrons. The fourth-order valence-electron chi connectivity index (χ4n) is 4.32. The lowest BCUT2D eigenvalue weighted by atomic mass is 9.82. The molecule has 0 radical (unpaired) electrons. The summed E-state index contributed by atoms with van der Waals surface area (Å²) in [5.74, 6) is 0.522. The van der Waals surface area contributed by atoms with Gasteiger partial charge in [-0.15, -0.1) is 0 Å². The van der Waals surface area contributed by atoms with Crippen LogP contribution < -0.4 is 0 Å². The van der Waals surface area contributed by atoms with Crippen molar-refractivity contribution < 1.29 is 14.6 Å². The molecule has 0 spiro atoms. The van der Waals surface area contributed by atoms with Crippen LogP contribution in [0.1, 0.15) is 148 Å². The van der Waals surface area contributed by atoms with Gasteiger partial charge >= 0.3 is 5.97 Å². The fraction of sp³-hybridized carbons (Fsp3) is 0.767. The Hall–Kier alpha value is -1.51. The standard InChI is InChI=1S/C30H52O3/c1-7-8-9-10-11-12-13-14-15-16-17-18-21-33-28(31)20-19-25-22-26(24(2)3)29(32)27(23-25)30(4,5)6/h22-24,32H,7-21H2,1-6H3. The summed E-state index contributed by atoms with van der Waals surface area (Å²) in [4.78, 5) is 12.2. The van der Waals surface area contributed by atoms with E-state index in [1.807, 2.05) is 6.07 Å². The molecule has 0 unspecified atom stereocenters. The number of ether oxygens (including phenoxy) is 1. The SMILES string of the molecule is CCCCCCCCCCCCCCOC(=O)CCc1cc(C(C)C)c(O)c(C(C)(C)C)c1. The van der Waals surface area contributed by atoms with E-state index >= 15 is 0 Å². The predicted octanol–water partition coefficient (Wildman–Crippen LogP) is 8.99. The Morgan fingerprint density at radius 2 is 1.39 bits per heavy atom. The zero-order chi connectivity index (χ0) is 24.7.